The van der Waals surface area contributed by atoms with E-state index in [9.17, 15) is 23.4 Å². The second-order valence-corrected chi connectivity index (χ2v) is 6.39. The van der Waals surface area contributed by atoms with Gasteiger partial charge in [0.05, 0.1) is 18.8 Å². The first-order valence-corrected chi connectivity index (χ1v) is 7.80. The molecule has 1 fully saturated rings. The maximum atomic E-state index is 11.2. The van der Waals surface area contributed by atoms with Crippen LogP contribution in [0.4, 0.5) is 0 Å². The van der Waals surface area contributed by atoms with Gasteiger partial charge in [-0.3, -0.25) is 9.35 Å². The molecule has 0 aromatic rings. The van der Waals surface area contributed by atoms with Crippen LogP contribution in [0.25, 0.3) is 0 Å². The van der Waals surface area contributed by atoms with Crippen LogP contribution in [0.5, 0.6) is 0 Å². The maximum Gasteiger partial charge on any atom is 0.397 e. The van der Waals surface area contributed by atoms with E-state index in [0.29, 0.717) is 0 Å². The van der Waals surface area contributed by atoms with E-state index in [4.69, 9.17) is 9.29 Å². The molecule has 0 spiro atoms. The van der Waals surface area contributed by atoms with E-state index in [1.54, 1.807) is 13.8 Å². The zero-order valence-corrected chi connectivity index (χ0v) is 12.8. The minimum atomic E-state index is -4.68. The normalized spacial score (nSPS) is 34.0. The standard InChI is InChI=1S/C11H21NO8S/c1-5(2)11-8(12-6(3)13)10(15)9(14)7(20-11)4-19-21(16,17)18/h5,7-11,14-15H,4H2,1-3H3,(H,12,13)(H,16,17,18). The molecule has 9 nitrogen and oxygen atoms in total. The molecular formula is C11H21NO8S. The predicted molar refractivity (Wildman–Crippen MR) is 70.6 cm³/mol. The zero-order valence-electron chi connectivity index (χ0n) is 12.0. The third kappa shape index (κ3) is 5.16. The van der Waals surface area contributed by atoms with Gasteiger partial charge in [-0.1, -0.05) is 13.8 Å². The quantitative estimate of drug-likeness (QED) is 0.445. The highest BCUT2D eigenvalue weighted by molar-refractivity contribution is 7.80. The Kier molecular flexibility index (Phi) is 6.08. The van der Waals surface area contributed by atoms with Crippen molar-refractivity contribution in [3.8, 4) is 0 Å². The Hall–Kier alpha value is -0.780. The Labute approximate surface area is 123 Å². The number of aliphatic hydroxyl groups is 2. The molecule has 10 heteroatoms. The molecule has 0 bridgehead atoms. The van der Waals surface area contributed by atoms with Crippen molar-refractivity contribution in [2.45, 2.75) is 51.2 Å². The molecule has 0 aromatic carbocycles. The molecule has 0 aliphatic carbocycles. The van der Waals surface area contributed by atoms with Crippen LogP contribution in [0.3, 0.4) is 0 Å². The molecule has 1 saturated heterocycles. The Bertz CT molecular complexity index is 465. The summed E-state index contributed by atoms with van der Waals surface area (Å²) in [6.07, 6.45) is -4.63. The third-order valence-corrected chi connectivity index (χ3v) is 3.63. The summed E-state index contributed by atoms with van der Waals surface area (Å²) in [7, 11) is -4.68. The second-order valence-electron chi connectivity index (χ2n) is 5.30. The monoisotopic (exact) mass is 327 g/mol. The van der Waals surface area contributed by atoms with Crippen LogP contribution in [0, 0.1) is 5.92 Å². The fourth-order valence-electron chi connectivity index (χ4n) is 2.26. The molecule has 0 aromatic heterocycles. The van der Waals surface area contributed by atoms with Gasteiger partial charge in [-0.2, -0.15) is 8.42 Å². The lowest BCUT2D eigenvalue weighted by Crippen LogP contribution is -2.65. The number of nitrogens with one attached hydrogen (secondary N) is 1. The van der Waals surface area contributed by atoms with E-state index < -0.39 is 53.4 Å². The minimum Gasteiger partial charge on any atom is -0.388 e. The zero-order chi connectivity index (χ0) is 16.4. The van der Waals surface area contributed by atoms with Crippen molar-refractivity contribution in [2.75, 3.05) is 6.61 Å². The van der Waals surface area contributed by atoms with Gasteiger partial charge < -0.3 is 20.3 Å². The third-order valence-electron chi connectivity index (χ3n) is 3.19. The van der Waals surface area contributed by atoms with E-state index in [1.165, 1.54) is 6.92 Å². The van der Waals surface area contributed by atoms with Gasteiger partial charge in [0.1, 0.15) is 18.3 Å². The Morgan fingerprint density at radius 3 is 2.33 bits per heavy atom. The first kappa shape index (κ1) is 18.3. The molecular weight excluding hydrogens is 306 g/mol. The fraction of sp³-hybridized carbons (Fsp3) is 0.909. The van der Waals surface area contributed by atoms with Crippen LogP contribution in [0.15, 0.2) is 0 Å². The van der Waals surface area contributed by atoms with Crippen molar-refractivity contribution in [1.29, 1.82) is 0 Å². The summed E-state index contributed by atoms with van der Waals surface area (Å²) in [5, 5.41) is 22.5. The average Bonchev–Trinajstić information content (AvgIpc) is 2.32. The number of carbonyl (C=O) groups excluding carboxylic acids is 1. The highest BCUT2D eigenvalue weighted by Crippen LogP contribution is 2.26. The molecule has 1 aliphatic rings. The lowest BCUT2D eigenvalue weighted by molar-refractivity contribution is -0.202. The molecule has 4 N–H and O–H groups in total. The van der Waals surface area contributed by atoms with Gasteiger partial charge in [0, 0.05) is 6.92 Å². The molecule has 5 unspecified atom stereocenters. The number of hydrogen-bond acceptors (Lipinski definition) is 7. The Morgan fingerprint density at radius 2 is 1.90 bits per heavy atom. The highest BCUT2D eigenvalue weighted by atomic mass is 32.3. The SMILES string of the molecule is CC(=O)NC1C(O)C(O)C(COS(=O)(=O)O)OC1C(C)C. The average molecular weight is 327 g/mol. The van der Waals surface area contributed by atoms with Crippen molar-refractivity contribution < 1.29 is 36.9 Å². The summed E-state index contributed by atoms with van der Waals surface area (Å²) in [5.74, 6) is -0.523. The molecule has 124 valence electrons. The fourth-order valence-corrected chi connectivity index (χ4v) is 2.56. The van der Waals surface area contributed by atoms with E-state index in [-0.39, 0.29) is 5.92 Å². The largest absolute Gasteiger partial charge is 0.397 e. The van der Waals surface area contributed by atoms with Gasteiger partial charge in [-0.25, -0.2) is 4.18 Å². The number of carbonyl (C=O) groups is 1. The highest BCUT2D eigenvalue weighted by Gasteiger charge is 2.46. The molecule has 1 aliphatic heterocycles. The molecule has 0 radical (unpaired) electrons. The van der Waals surface area contributed by atoms with Gasteiger partial charge >= 0.3 is 10.4 Å². The molecule has 1 heterocycles. The van der Waals surface area contributed by atoms with Crippen molar-refractivity contribution in [1.82, 2.24) is 5.32 Å². The predicted octanol–water partition coefficient (Wildman–Crippen LogP) is -1.54. The summed E-state index contributed by atoms with van der Waals surface area (Å²) in [5.41, 5.74) is 0. The minimum absolute atomic E-state index is 0.128. The smallest absolute Gasteiger partial charge is 0.388 e. The maximum absolute atomic E-state index is 11.2. The van der Waals surface area contributed by atoms with Crippen LogP contribution < -0.4 is 5.32 Å². The molecule has 5 atom stereocenters. The Morgan fingerprint density at radius 1 is 1.33 bits per heavy atom. The molecule has 0 saturated carbocycles. The van der Waals surface area contributed by atoms with Crippen molar-refractivity contribution in [2.24, 2.45) is 5.92 Å². The van der Waals surface area contributed by atoms with Crippen LogP contribution in [0.1, 0.15) is 20.8 Å². The van der Waals surface area contributed by atoms with Crippen LogP contribution in [-0.2, 0) is 24.1 Å². The van der Waals surface area contributed by atoms with Crippen LogP contribution in [-0.4, -0.2) is 66.2 Å². The van der Waals surface area contributed by atoms with Crippen LogP contribution in [0.2, 0.25) is 0 Å². The molecule has 21 heavy (non-hydrogen) atoms. The van der Waals surface area contributed by atoms with Gasteiger partial charge in [-0.15, -0.1) is 0 Å². The second kappa shape index (κ2) is 6.99. The summed E-state index contributed by atoms with van der Waals surface area (Å²) < 4.78 is 39.4. The van der Waals surface area contributed by atoms with E-state index >= 15 is 0 Å². The van der Waals surface area contributed by atoms with Crippen molar-refractivity contribution >= 4 is 16.3 Å². The van der Waals surface area contributed by atoms with Gasteiger partial charge in [0.15, 0.2) is 0 Å². The topological polar surface area (TPSA) is 142 Å². The molecule has 1 rings (SSSR count). The number of aliphatic hydroxyl groups excluding tert-OH is 2. The number of hydrogen-bond donors (Lipinski definition) is 4. The van der Waals surface area contributed by atoms with E-state index in [0.717, 1.165) is 0 Å². The van der Waals surface area contributed by atoms with Gasteiger partial charge in [0.25, 0.3) is 0 Å². The lowest BCUT2D eigenvalue weighted by Gasteiger charge is -2.44. The number of rotatable bonds is 5. The summed E-state index contributed by atoms with van der Waals surface area (Å²) in [6, 6.07) is -0.834. The summed E-state index contributed by atoms with van der Waals surface area (Å²) in [6.45, 7) is 4.19. The van der Waals surface area contributed by atoms with Crippen LogP contribution >= 0.6 is 0 Å². The first-order valence-electron chi connectivity index (χ1n) is 6.43. The number of amides is 1. The molecule has 1 amide bonds. The first-order chi connectivity index (χ1) is 9.53. The summed E-state index contributed by atoms with van der Waals surface area (Å²) >= 11 is 0. The lowest BCUT2D eigenvalue weighted by atomic mass is 9.87. The van der Waals surface area contributed by atoms with E-state index in [1.807, 2.05) is 0 Å². The summed E-state index contributed by atoms with van der Waals surface area (Å²) in [4.78, 5) is 11.2. The van der Waals surface area contributed by atoms with E-state index in [2.05, 4.69) is 9.50 Å². The van der Waals surface area contributed by atoms with Gasteiger partial charge in [-0.05, 0) is 5.92 Å². The Balaban J connectivity index is 2.86. The number of ether oxygens (including phenoxy) is 1. The van der Waals surface area contributed by atoms with Crippen molar-refractivity contribution in [3.63, 3.8) is 0 Å². The van der Waals surface area contributed by atoms with Crippen molar-refractivity contribution in [3.05, 3.63) is 0 Å². The van der Waals surface area contributed by atoms with Gasteiger partial charge in [0.2, 0.25) is 5.91 Å².